The Balaban J connectivity index is 2.08. The van der Waals surface area contributed by atoms with Crippen LogP contribution >= 0.6 is 24.0 Å². The number of hydrogen-bond acceptors (Lipinski definition) is 4. The van der Waals surface area contributed by atoms with E-state index in [4.69, 9.17) is 22.7 Å². The first-order chi connectivity index (χ1) is 9.22. The molecule has 1 saturated heterocycles. The van der Waals surface area contributed by atoms with E-state index in [1.54, 1.807) is 11.8 Å². The van der Waals surface area contributed by atoms with Crippen molar-refractivity contribution in [3.63, 3.8) is 0 Å². The minimum Gasteiger partial charge on any atom is -0.389 e. The lowest BCUT2D eigenvalue weighted by Crippen LogP contribution is -2.24. The molecule has 0 aromatic heterocycles. The Morgan fingerprint density at radius 3 is 2.84 bits per heavy atom. The third kappa shape index (κ3) is 3.84. The summed E-state index contributed by atoms with van der Waals surface area (Å²) in [6.07, 6.45) is 4.29. The van der Waals surface area contributed by atoms with Crippen LogP contribution in [0.15, 0.2) is 23.1 Å². The maximum atomic E-state index is 5.86. The number of thiocarbonyl (C=S) groups is 1. The molecule has 0 atom stereocenters. The first kappa shape index (κ1) is 14.6. The molecule has 1 fully saturated rings. The molecule has 1 heterocycles. The van der Waals surface area contributed by atoms with E-state index in [1.165, 1.54) is 0 Å². The van der Waals surface area contributed by atoms with Crippen molar-refractivity contribution in [1.29, 1.82) is 0 Å². The van der Waals surface area contributed by atoms with Gasteiger partial charge in [-0.3, -0.25) is 0 Å². The Hall–Kier alpha value is -0.780. The fraction of sp³-hybridized carbons (Fsp3) is 0.500. The van der Waals surface area contributed by atoms with Gasteiger partial charge in [-0.2, -0.15) is 0 Å². The Labute approximate surface area is 124 Å². The lowest BCUT2D eigenvalue weighted by atomic mass is 10.00. The van der Waals surface area contributed by atoms with Gasteiger partial charge in [0.1, 0.15) is 4.99 Å². The molecular formula is C14H20N2OS2. The van der Waals surface area contributed by atoms with Gasteiger partial charge in [-0.15, -0.1) is 11.8 Å². The summed E-state index contributed by atoms with van der Waals surface area (Å²) in [5.74, 6) is 0.672. The molecule has 2 rings (SSSR count). The van der Waals surface area contributed by atoms with Gasteiger partial charge in [0.25, 0.3) is 0 Å². The number of nitrogens with one attached hydrogen (secondary N) is 1. The van der Waals surface area contributed by atoms with Gasteiger partial charge in [-0.1, -0.05) is 18.3 Å². The van der Waals surface area contributed by atoms with E-state index in [1.807, 2.05) is 18.4 Å². The van der Waals surface area contributed by atoms with E-state index >= 15 is 0 Å². The van der Waals surface area contributed by atoms with Crippen molar-refractivity contribution in [1.82, 2.24) is 0 Å². The van der Waals surface area contributed by atoms with Crippen LogP contribution in [0.2, 0.25) is 0 Å². The van der Waals surface area contributed by atoms with E-state index < -0.39 is 0 Å². The van der Waals surface area contributed by atoms with Crippen LogP contribution in [-0.4, -0.2) is 31.0 Å². The van der Waals surface area contributed by atoms with Crippen molar-refractivity contribution in [2.45, 2.75) is 17.7 Å². The van der Waals surface area contributed by atoms with Gasteiger partial charge in [0.05, 0.1) is 0 Å². The topological polar surface area (TPSA) is 47.3 Å². The van der Waals surface area contributed by atoms with Crippen LogP contribution in [0.1, 0.15) is 18.4 Å². The third-order valence-corrected chi connectivity index (χ3v) is 4.40. The highest BCUT2D eigenvalue weighted by atomic mass is 32.2. The van der Waals surface area contributed by atoms with E-state index in [0.29, 0.717) is 10.9 Å². The minimum atomic E-state index is 0.458. The van der Waals surface area contributed by atoms with Crippen molar-refractivity contribution in [3.8, 4) is 0 Å². The maximum Gasteiger partial charge on any atom is 0.107 e. The zero-order chi connectivity index (χ0) is 13.7. The molecule has 0 spiro atoms. The summed E-state index contributed by atoms with van der Waals surface area (Å²) in [5, 5.41) is 3.50. The summed E-state index contributed by atoms with van der Waals surface area (Å²) in [5.41, 5.74) is 7.87. The Kier molecular flexibility index (Phi) is 5.48. The van der Waals surface area contributed by atoms with Crippen LogP contribution in [0.25, 0.3) is 0 Å². The molecule has 0 amide bonds. The van der Waals surface area contributed by atoms with Gasteiger partial charge >= 0.3 is 0 Å². The zero-order valence-corrected chi connectivity index (χ0v) is 12.8. The van der Waals surface area contributed by atoms with E-state index in [9.17, 15) is 0 Å². The highest BCUT2D eigenvalue weighted by Gasteiger charge is 2.15. The van der Waals surface area contributed by atoms with Gasteiger partial charge in [0.2, 0.25) is 0 Å². The second-order valence-corrected chi connectivity index (χ2v) is 5.97. The smallest absolute Gasteiger partial charge is 0.107 e. The predicted molar refractivity (Wildman–Crippen MR) is 86.1 cm³/mol. The second-order valence-electron chi connectivity index (χ2n) is 4.68. The molecule has 0 radical (unpaired) electrons. The van der Waals surface area contributed by atoms with E-state index in [0.717, 1.165) is 48.7 Å². The number of rotatable bonds is 5. The number of nitrogens with two attached hydrogens (primary N) is 1. The quantitative estimate of drug-likeness (QED) is 0.646. The molecular weight excluding hydrogens is 276 g/mol. The summed E-state index contributed by atoms with van der Waals surface area (Å²) < 4.78 is 5.38. The summed E-state index contributed by atoms with van der Waals surface area (Å²) in [6, 6.07) is 6.15. The average molecular weight is 296 g/mol. The van der Waals surface area contributed by atoms with Gasteiger partial charge in [0, 0.05) is 35.9 Å². The van der Waals surface area contributed by atoms with Gasteiger partial charge in [-0.25, -0.2) is 0 Å². The highest BCUT2D eigenvalue weighted by Crippen LogP contribution is 2.27. The van der Waals surface area contributed by atoms with E-state index in [2.05, 4.69) is 11.4 Å². The average Bonchev–Trinajstić information content (AvgIpc) is 2.45. The molecule has 1 aliphatic rings. The minimum absolute atomic E-state index is 0.458. The molecule has 0 bridgehead atoms. The van der Waals surface area contributed by atoms with Crippen molar-refractivity contribution in [3.05, 3.63) is 23.8 Å². The molecule has 3 N–H and O–H groups in total. The molecule has 3 nitrogen and oxygen atoms in total. The SMILES string of the molecule is CSc1cccc(NCC2CCOCC2)c1C(N)=S. The first-order valence-electron chi connectivity index (χ1n) is 6.50. The summed E-state index contributed by atoms with van der Waals surface area (Å²) >= 11 is 6.85. The fourth-order valence-electron chi connectivity index (χ4n) is 2.31. The number of ether oxygens (including phenoxy) is 1. The second kappa shape index (κ2) is 7.12. The molecule has 19 heavy (non-hydrogen) atoms. The monoisotopic (exact) mass is 296 g/mol. The Morgan fingerprint density at radius 1 is 1.47 bits per heavy atom. The fourth-order valence-corrected chi connectivity index (χ4v) is 3.23. The lowest BCUT2D eigenvalue weighted by Gasteiger charge is -2.23. The van der Waals surface area contributed by atoms with Crippen molar-refractivity contribution in [2.24, 2.45) is 11.7 Å². The molecule has 104 valence electrons. The Morgan fingerprint density at radius 2 is 2.21 bits per heavy atom. The van der Waals surface area contributed by atoms with Crippen LogP contribution < -0.4 is 11.1 Å². The van der Waals surface area contributed by atoms with Crippen molar-refractivity contribution < 1.29 is 4.74 Å². The van der Waals surface area contributed by atoms with Crippen LogP contribution in [0, 0.1) is 5.92 Å². The summed E-state index contributed by atoms with van der Waals surface area (Å²) in [4.78, 5) is 1.59. The van der Waals surface area contributed by atoms with Gasteiger partial charge in [0.15, 0.2) is 0 Å². The summed E-state index contributed by atoms with van der Waals surface area (Å²) in [6.45, 7) is 2.70. The number of hydrogen-bond donors (Lipinski definition) is 2. The van der Waals surface area contributed by atoms with E-state index in [-0.39, 0.29) is 0 Å². The maximum absolute atomic E-state index is 5.86. The van der Waals surface area contributed by atoms with Crippen molar-refractivity contribution in [2.75, 3.05) is 31.3 Å². The van der Waals surface area contributed by atoms with Gasteiger partial charge in [-0.05, 0) is 37.1 Å². The van der Waals surface area contributed by atoms with Crippen LogP contribution in [0.3, 0.4) is 0 Å². The highest BCUT2D eigenvalue weighted by molar-refractivity contribution is 7.98. The standard InChI is InChI=1S/C14H20N2OS2/c1-19-12-4-2-3-11(13(12)14(15)18)16-9-10-5-7-17-8-6-10/h2-4,10,16H,5-9H2,1H3,(H2,15,18). The number of anilines is 1. The normalized spacial score (nSPS) is 16.3. The molecule has 1 aromatic carbocycles. The number of thioether (sulfide) groups is 1. The Bertz CT molecular complexity index is 445. The molecule has 5 heteroatoms. The van der Waals surface area contributed by atoms with Crippen LogP contribution in [0.5, 0.6) is 0 Å². The van der Waals surface area contributed by atoms with Crippen molar-refractivity contribution >= 4 is 34.7 Å². The molecule has 0 unspecified atom stereocenters. The van der Waals surface area contributed by atoms with Crippen LogP contribution in [-0.2, 0) is 4.74 Å². The summed E-state index contributed by atoms with van der Waals surface area (Å²) in [7, 11) is 0. The number of benzene rings is 1. The predicted octanol–water partition coefficient (Wildman–Crippen LogP) is 2.88. The molecule has 0 aliphatic carbocycles. The first-order valence-corrected chi connectivity index (χ1v) is 8.14. The molecule has 0 saturated carbocycles. The van der Waals surface area contributed by atoms with Crippen LogP contribution in [0.4, 0.5) is 5.69 Å². The lowest BCUT2D eigenvalue weighted by molar-refractivity contribution is 0.0699. The van der Waals surface area contributed by atoms with Gasteiger partial charge < -0.3 is 15.8 Å². The third-order valence-electron chi connectivity index (χ3n) is 3.41. The molecule has 1 aliphatic heterocycles. The zero-order valence-electron chi connectivity index (χ0n) is 11.1. The largest absolute Gasteiger partial charge is 0.389 e. The molecule has 1 aromatic rings.